The Kier molecular flexibility index (Phi) is 6.33. The Morgan fingerprint density at radius 2 is 1.53 bits per heavy atom. The molecular formula is C25H38O5. The fraction of sp³-hybridized carbons (Fsp3) is 0.680. The Labute approximate surface area is 181 Å². The van der Waals surface area contributed by atoms with Crippen LogP contribution in [0.5, 0.6) is 23.0 Å². The van der Waals surface area contributed by atoms with E-state index in [9.17, 15) is 5.11 Å². The van der Waals surface area contributed by atoms with Crippen molar-refractivity contribution in [1.82, 2.24) is 0 Å². The third-order valence-electron chi connectivity index (χ3n) is 7.84. The molecule has 2 fully saturated rings. The van der Waals surface area contributed by atoms with Gasteiger partial charge in [-0.15, -0.1) is 0 Å². The molecule has 0 spiro atoms. The number of ether oxygens (including phenoxy) is 4. The molecule has 5 heteroatoms. The summed E-state index contributed by atoms with van der Waals surface area (Å²) in [6.07, 6.45) is 4.67. The predicted molar refractivity (Wildman–Crippen MR) is 119 cm³/mol. The van der Waals surface area contributed by atoms with Crippen LogP contribution in [-0.2, 0) is 0 Å². The maximum absolute atomic E-state index is 11.9. The molecule has 4 atom stereocenters. The Morgan fingerprint density at radius 1 is 0.967 bits per heavy atom. The summed E-state index contributed by atoms with van der Waals surface area (Å²) in [6, 6.07) is 1.73. The van der Waals surface area contributed by atoms with Crippen molar-refractivity contribution >= 4 is 0 Å². The maximum atomic E-state index is 11.9. The van der Waals surface area contributed by atoms with Gasteiger partial charge in [0, 0.05) is 12.0 Å². The van der Waals surface area contributed by atoms with Crippen LogP contribution in [0.2, 0.25) is 0 Å². The molecule has 0 radical (unpaired) electrons. The summed E-state index contributed by atoms with van der Waals surface area (Å²) in [6.45, 7) is 11.5. The van der Waals surface area contributed by atoms with Crippen molar-refractivity contribution in [1.29, 1.82) is 0 Å². The van der Waals surface area contributed by atoms with Crippen LogP contribution in [0.3, 0.4) is 0 Å². The lowest BCUT2D eigenvalue weighted by molar-refractivity contribution is -0.0899. The highest BCUT2D eigenvalue weighted by Crippen LogP contribution is 2.64. The molecule has 3 rings (SSSR count). The summed E-state index contributed by atoms with van der Waals surface area (Å²) >= 11 is 0. The molecule has 168 valence electrons. The highest BCUT2D eigenvalue weighted by atomic mass is 16.5. The van der Waals surface area contributed by atoms with Gasteiger partial charge in [-0.2, -0.15) is 0 Å². The van der Waals surface area contributed by atoms with E-state index in [1.54, 1.807) is 34.5 Å². The molecule has 0 aromatic heterocycles. The number of fused-ring (bicyclic) bond motifs is 1. The van der Waals surface area contributed by atoms with Crippen LogP contribution in [0.1, 0.15) is 64.5 Å². The van der Waals surface area contributed by atoms with Gasteiger partial charge in [-0.3, -0.25) is 0 Å². The first kappa shape index (κ1) is 22.8. The topological polar surface area (TPSA) is 57.2 Å². The Bertz CT molecular complexity index is 769. The van der Waals surface area contributed by atoms with Crippen LogP contribution in [0.15, 0.2) is 18.2 Å². The molecule has 2 aliphatic rings. The van der Waals surface area contributed by atoms with Gasteiger partial charge in [0.25, 0.3) is 0 Å². The van der Waals surface area contributed by atoms with Crippen molar-refractivity contribution in [2.75, 3.05) is 28.4 Å². The van der Waals surface area contributed by atoms with Crippen molar-refractivity contribution in [2.24, 2.45) is 22.7 Å². The Balaban J connectivity index is 2.19. The third kappa shape index (κ3) is 3.45. The van der Waals surface area contributed by atoms with E-state index in [0.29, 0.717) is 34.5 Å². The molecule has 30 heavy (non-hydrogen) atoms. The average molecular weight is 419 g/mol. The summed E-state index contributed by atoms with van der Waals surface area (Å²) < 4.78 is 22.5. The van der Waals surface area contributed by atoms with Crippen LogP contribution in [0, 0.1) is 22.7 Å². The first-order valence-electron chi connectivity index (χ1n) is 10.9. The first-order chi connectivity index (χ1) is 14.2. The fourth-order valence-electron chi connectivity index (χ4n) is 6.57. The summed E-state index contributed by atoms with van der Waals surface area (Å²) in [7, 11) is 6.34. The molecule has 1 aromatic rings. The number of benzene rings is 1. The molecule has 0 amide bonds. The lowest BCUT2D eigenvalue weighted by atomic mass is 9.46. The summed E-state index contributed by atoms with van der Waals surface area (Å²) in [4.78, 5) is 0. The zero-order valence-corrected chi connectivity index (χ0v) is 19.6. The summed E-state index contributed by atoms with van der Waals surface area (Å²) in [5.74, 6) is 2.41. The number of hydrogen-bond acceptors (Lipinski definition) is 5. The van der Waals surface area contributed by atoms with E-state index in [-0.39, 0.29) is 16.7 Å². The van der Waals surface area contributed by atoms with Gasteiger partial charge in [0.15, 0.2) is 23.0 Å². The minimum atomic E-state index is -0.840. The molecule has 1 aromatic carbocycles. The SMILES string of the molecule is C=C1CC[C@@H]2C(C)(C)CCC[C@@]2(C)[C@@H]1[C@H](O)c1c(OC)c(OC)cc(OC)c1OC. The minimum Gasteiger partial charge on any atom is -0.493 e. The van der Waals surface area contributed by atoms with Gasteiger partial charge in [0.1, 0.15) is 0 Å². The highest BCUT2D eigenvalue weighted by molar-refractivity contribution is 5.62. The second kappa shape index (κ2) is 8.33. The molecule has 0 unspecified atom stereocenters. The van der Waals surface area contributed by atoms with Gasteiger partial charge in [-0.1, -0.05) is 39.3 Å². The Hall–Kier alpha value is -1.88. The first-order valence-corrected chi connectivity index (χ1v) is 10.9. The van der Waals surface area contributed by atoms with Crippen LogP contribution < -0.4 is 18.9 Å². The molecule has 0 saturated heterocycles. The van der Waals surface area contributed by atoms with Crippen molar-refractivity contribution < 1.29 is 24.1 Å². The molecule has 1 N–H and O–H groups in total. The monoisotopic (exact) mass is 418 g/mol. The van der Waals surface area contributed by atoms with Crippen LogP contribution in [0.25, 0.3) is 0 Å². The fourth-order valence-corrected chi connectivity index (χ4v) is 6.57. The second-order valence-electron chi connectivity index (χ2n) is 9.78. The number of hydrogen-bond donors (Lipinski definition) is 1. The van der Waals surface area contributed by atoms with Crippen molar-refractivity contribution in [3.05, 3.63) is 23.8 Å². The standard InChI is InChI=1S/C25H38O5/c1-15-10-11-18-24(2,3)12-9-13-25(18,4)20(15)21(26)19-22(29-7)16(27-5)14-17(28-6)23(19)30-8/h14,18,20-21,26H,1,9-13H2,2-8H3/t18-,20+,21-,25-/m1/s1. The summed E-state index contributed by atoms with van der Waals surface area (Å²) in [5.41, 5.74) is 1.87. The van der Waals surface area contributed by atoms with E-state index in [1.807, 2.05) is 0 Å². The predicted octanol–water partition coefficient (Wildman–Crippen LogP) is 5.55. The van der Waals surface area contributed by atoms with Gasteiger partial charge < -0.3 is 24.1 Å². The average Bonchev–Trinajstić information content (AvgIpc) is 2.70. The van der Waals surface area contributed by atoms with Crippen molar-refractivity contribution in [3.63, 3.8) is 0 Å². The van der Waals surface area contributed by atoms with E-state index in [1.165, 1.54) is 6.42 Å². The largest absolute Gasteiger partial charge is 0.493 e. The quantitative estimate of drug-likeness (QED) is 0.614. The van der Waals surface area contributed by atoms with Crippen LogP contribution >= 0.6 is 0 Å². The van der Waals surface area contributed by atoms with E-state index in [2.05, 4.69) is 27.4 Å². The zero-order chi connectivity index (χ0) is 22.3. The van der Waals surface area contributed by atoms with Gasteiger partial charge in [-0.05, 0) is 42.4 Å². The molecular weight excluding hydrogens is 380 g/mol. The molecule has 0 aliphatic heterocycles. The maximum Gasteiger partial charge on any atom is 0.170 e. The van der Waals surface area contributed by atoms with Crippen LogP contribution in [0.4, 0.5) is 0 Å². The third-order valence-corrected chi connectivity index (χ3v) is 7.84. The number of aliphatic hydroxyl groups is 1. The molecule has 0 heterocycles. The Morgan fingerprint density at radius 3 is 2.03 bits per heavy atom. The van der Waals surface area contributed by atoms with Gasteiger partial charge in [-0.25, -0.2) is 0 Å². The van der Waals surface area contributed by atoms with Gasteiger partial charge >= 0.3 is 0 Å². The van der Waals surface area contributed by atoms with Crippen LogP contribution in [-0.4, -0.2) is 33.5 Å². The zero-order valence-electron chi connectivity index (χ0n) is 19.6. The minimum absolute atomic E-state index is 0.0527. The molecule has 2 saturated carbocycles. The van der Waals surface area contributed by atoms with E-state index in [4.69, 9.17) is 18.9 Å². The number of methoxy groups -OCH3 is 4. The molecule has 5 nitrogen and oxygen atoms in total. The van der Waals surface area contributed by atoms with Crippen molar-refractivity contribution in [3.8, 4) is 23.0 Å². The van der Waals surface area contributed by atoms with E-state index < -0.39 is 6.10 Å². The number of aliphatic hydroxyl groups excluding tert-OH is 1. The normalized spacial score (nSPS) is 29.0. The summed E-state index contributed by atoms with van der Waals surface area (Å²) in [5, 5.41) is 11.9. The smallest absolute Gasteiger partial charge is 0.170 e. The lowest BCUT2D eigenvalue weighted by Crippen LogP contribution is -2.51. The van der Waals surface area contributed by atoms with E-state index >= 15 is 0 Å². The lowest BCUT2D eigenvalue weighted by Gasteiger charge is -2.58. The highest BCUT2D eigenvalue weighted by Gasteiger charge is 2.55. The second-order valence-corrected chi connectivity index (χ2v) is 9.78. The van der Waals surface area contributed by atoms with Crippen molar-refractivity contribution in [2.45, 2.75) is 59.0 Å². The van der Waals surface area contributed by atoms with Gasteiger partial charge in [0.05, 0.1) is 40.1 Å². The molecule has 0 bridgehead atoms. The van der Waals surface area contributed by atoms with E-state index in [0.717, 1.165) is 31.3 Å². The number of rotatable bonds is 6. The molecule has 2 aliphatic carbocycles. The van der Waals surface area contributed by atoms with Gasteiger partial charge in [0.2, 0.25) is 0 Å².